The van der Waals surface area contributed by atoms with E-state index in [1.807, 2.05) is 68.4 Å². The van der Waals surface area contributed by atoms with Gasteiger partial charge in [-0.25, -0.2) is 4.98 Å². The van der Waals surface area contributed by atoms with E-state index in [0.717, 1.165) is 16.9 Å². The predicted octanol–water partition coefficient (Wildman–Crippen LogP) is 4.23. The fourth-order valence-electron chi connectivity index (χ4n) is 4.03. The second-order valence-corrected chi connectivity index (χ2v) is 8.22. The molecule has 3 aromatic carbocycles. The summed E-state index contributed by atoms with van der Waals surface area (Å²) >= 11 is 0. The Labute approximate surface area is 205 Å². The zero-order chi connectivity index (χ0) is 24.8. The van der Waals surface area contributed by atoms with Crippen LogP contribution in [-0.2, 0) is 13.1 Å². The van der Waals surface area contributed by atoms with Gasteiger partial charge in [0.2, 0.25) is 5.95 Å². The number of rotatable bonds is 9. The monoisotopic (exact) mass is 470 g/mol. The Morgan fingerprint density at radius 3 is 2.34 bits per heavy atom. The Hall–Kier alpha value is -4.13. The molecule has 7 nitrogen and oxygen atoms in total. The molecule has 0 radical (unpaired) electrons. The van der Waals surface area contributed by atoms with Gasteiger partial charge >= 0.3 is 0 Å². The first-order chi connectivity index (χ1) is 17.0. The van der Waals surface area contributed by atoms with Gasteiger partial charge in [-0.15, -0.1) is 0 Å². The molecular weight excluding hydrogens is 440 g/mol. The summed E-state index contributed by atoms with van der Waals surface area (Å²) in [6.07, 6.45) is 0. The van der Waals surface area contributed by atoms with Crippen molar-refractivity contribution in [2.24, 2.45) is 0 Å². The van der Waals surface area contributed by atoms with Crippen molar-refractivity contribution in [1.29, 1.82) is 0 Å². The van der Waals surface area contributed by atoms with Gasteiger partial charge in [-0.1, -0.05) is 42.5 Å². The van der Waals surface area contributed by atoms with Crippen molar-refractivity contribution < 1.29 is 9.53 Å². The fraction of sp³-hybridized carbons (Fsp3) is 0.250. The topological polar surface area (TPSA) is 76.5 Å². The highest BCUT2D eigenvalue weighted by Crippen LogP contribution is 2.19. The highest BCUT2D eigenvalue weighted by Gasteiger charge is 2.17. The van der Waals surface area contributed by atoms with Crippen LogP contribution in [-0.4, -0.2) is 35.7 Å². The molecule has 0 atom stereocenters. The van der Waals surface area contributed by atoms with Crippen LogP contribution < -0.4 is 20.5 Å². The lowest BCUT2D eigenvalue weighted by Gasteiger charge is -2.24. The van der Waals surface area contributed by atoms with Gasteiger partial charge in [0.05, 0.1) is 24.6 Å². The van der Waals surface area contributed by atoms with Gasteiger partial charge in [-0.2, -0.15) is 0 Å². The lowest BCUT2D eigenvalue weighted by molar-refractivity contribution is 0.0951. The fourth-order valence-corrected chi connectivity index (χ4v) is 4.03. The molecule has 1 N–H and O–H groups in total. The number of nitrogens with zero attached hydrogens (tertiary/aromatic N) is 3. The number of anilines is 1. The summed E-state index contributed by atoms with van der Waals surface area (Å²) < 4.78 is 6.89. The van der Waals surface area contributed by atoms with Gasteiger partial charge in [0.15, 0.2) is 0 Å². The maximum Gasteiger partial charge on any atom is 0.263 e. The minimum Gasteiger partial charge on any atom is -0.497 e. The first-order valence-electron chi connectivity index (χ1n) is 11.8. The van der Waals surface area contributed by atoms with Gasteiger partial charge in [0, 0.05) is 25.2 Å². The maximum atomic E-state index is 13.5. The van der Waals surface area contributed by atoms with Crippen molar-refractivity contribution >= 4 is 22.8 Å². The van der Waals surface area contributed by atoms with Crippen LogP contribution in [0.15, 0.2) is 77.6 Å². The van der Waals surface area contributed by atoms with Crippen molar-refractivity contribution in [2.75, 3.05) is 25.1 Å². The highest BCUT2D eigenvalue weighted by molar-refractivity contribution is 5.97. The number of hydrogen-bond acceptors (Lipinski definition) is 5. The lowest BCUT2D eigenvalue weighted by Crippen LogP contribution is -2.33. The van der Waals surface area contributed by atoms with Crippen LogP contribution in [0, 0.1) is 0 Å². The minimum absolute atomic E-state index is 0.119. The predicted molar refractivity (Wildman–Crippen MR) is 139 cm³/mol. The van der Waals surface area contributed by atoms with E-state index in [-0.39, 0.29) is 11.5 Å². The summed E-state index contributed by atoms with van der Waals surface area (Å²) in [7, 11) is 1.62. The van der Waals surface area contributed by atoms with E-state index in [9.17, 15) is 9.59 Å². The van der Waals surface area contributed by atoms with Crippen LogP contribution >= 0.6 is 0 Å². The number of methoxy groups -OCH3 is 1. The molecule has 0 saturated carbocycles. The molecule has 0 spiro atoms. The Kier molecular flexibility index (Phi) is 7.45. The van der Waals surface area contributed by atoms with Crippen LogP contribution in [0.25, 0.3) is 10.9 Å². The third-order valence-corrected chi connectivity index (χ3v) is 6.04. The molecule has 0 aliphatic heterocycles. The molecule has 0 saturated heterocycles. The SMILES string of the molecule is CCN(CC)c1nc2cc(C(=O)NCc3ccc(OC)cc3)ccc2c(=O)n1Cc1ccccc1. The average Bonchev–Trinajstić information content (AvgIpc) is 2.90. The number of fused-ring (bicyclic) bond motifs is 1. The lowest BCUT2D eigenvalue weighted by atomic mass is 10.1. The van der Waals surface area contributed by atoms with E-state index in [4.69, 9.17) is 9.72 Å². The van der Waals surface area contributed by atoms with Crippen molar-refractivity contribution in [3.05, 3.63) is 99.8 Å². The summed E-state index contributed by atoms with van der Waals surface area (Å²) in [4.78, 5) is 33.3. The van der Waals surface area contributed by atoms with E-state index in [1.165, 1.54) is 0 Å². The standard InChI is InChI=1S/C28H30N4O3/c1-4-31(5-2)28-30-25-17-22(26(33)29-18-20-11-14-23(35-3)15-12-20)13-16-24(25)27(34)32(28)19-21-9-7-6-8-10-21/h6-17H,4-5,18-19H2,1-3H3,(H,29,33). The number of aromatic nitrogens is 2. The molecule has 4 aromatic rings. The molecule has 7 heteroatoms. The molecule has 0 unspecified atom stereocenters. The number of hydrogen-bond donors (Lipinski definition) is 1. The van der Waals surface area contributed by atoms with Crippen molar-refractivity contribution in [2.45, 2.75) is 26.9 Å². The van der Waals surface area contributed by atoms with Crippen molar-refractivity contribution in [3.63, 3.8) is 0 Å². The molecular formula is C28H30N4O3. The number of carbonyl (C=O) groups excluding carboxylic acids is 1. The molecule has 4 rings (SSSR count). The molecule has 1 heterocycles. The Bertz CT molecular complexity index is 1360. The molecule has 180 valence electrons. The van der Waals surface area contributed by atoms with Crippen molar-refractivity contribution in [3.8, 4) is 5.75 Å². The Morgan fingerprint density at radius 2 is 1.69 bits per heavy atom. The summed E-state index contributed by atoms with van der Waals surface area (Å²) in [6, 6.07) is 22.5. The summed E-state index contributed by atoms with van der Waals surface area (Å²) in [6.45, 7) is 6.32. The molecule has 1 amide bonds. The summed E-state index contributed by atoms with van der Waals surface area (Å²) in [5.74, 6) is 1.15. The van der Waals surface area contributed by atoms with Gasteiger partial charge in [0.25, 0.3) is 11.5 Å². The van der Waals surface area contributed by atoms with Crippen molar-refractivity contribution in [1.82, 2.24) is 14.9 Å². The second-order valence-electron chi connectivity index (χ2n) is 8.22. The number of carbonyl (C=O) groups is 1. The largest absolute Gasteiger partial charge is 0.497 e. The first-order valence-corrected chi connectivity index (χ1v) is 11.8. The Balaban J connectivity index is 1.66. The molecule has 0 aliphatic carbocycles. The third-order valence-electron chi connectivity index (χ3n) is 6.04. The number of benzene rings is 3. The van der Waals surface area contributed by atoms with E-state index >= 15 is 0 Å². The summed E-state index contributed by atoms with van der Waals surface area (Å²) in [5.41, 5.74) is 2.85. The minimum atomic E-state index is -0.220. The normalized spacial score (nSPS) is 10.8. The summed E-state index contributed by atoms with van der Waals surface area (Å²) in [5, 5.41) is 3.42. The number of amides is 1. The van der Waals surface area contributed by atoms with Gasteiger partial charge in [-0.05, 0) is 55.3 Å². The van der Waals surface area contributed by atoms with Gasteiger partial charge in [-0.3, -0.25) is 14.2 Å². The van der Waals surface area contributed by atoms with Gasteiger partial charge < -0.3 is 15.0 Å². The molecule has 0 bridgehead atoms. The van der Waals surface area contributed by atoms with E-state index in [2.05, 4.69) is 10.2 Å². The molecule has 1 aromatic heterocycles. The molecule has 0 fully saturated rings. The first kappa shape index (κ1) is 24.0. The zero-order valence-corrected chi connectivity index (χ0v) is 20.3. The van der Waals surface area contributed by atoms with Gasteiger partial charge in [0.1, 0.15) is 5.75 Å². The van der Waals surface area contributed by atoms with Crippen LogP contribution in [0.3, 0.4) is 0 Å². The third kappa shape index (κ3) is 5.35. The van der Waals surface area contributed by atoms with Crippen LogP contribution in [0.1, 0.15) is 35.3 Å². The highest BCUT2D eigenvalue weighted by atomic mass is 16.5. The second kappa shape index (κ2) is 10.9. The van der Waals surface area contributed by atoms with E-state index in [0.29, 0.717) is 48.6 Å². The number of nitrogens with one attached hydrogen (secondary N) is 1. The van der Waals surface area contributed by atoms with Crippen LogP contribution in [0.5, 0.6) is 5.75 Å². The smallest absolute Gasteiger partial charge is 0.263 e. The number of ether oxygens (including phenoxy) is 1. The van der Waals surface area contributed by atoms with Crippen LogP contribution in [0.4, 0.5) is 5.95 Å². The van der Waals surface area contributed by atoms with Crippen LogP contribution in [0.2, 0.25) is 0 Å². The quantitative estimate of drug-likeness (QED) is 0.396. The Morgan fingerprint density at radius 1 is 0.971 bits per heavy atom. The zero-order valence-electron chi connectivity index (χ0n) is 20.3. The van der Waals surface area contributed by atoms with E-state index in [1.54, 1.807) is 29.9 Å². The maximum absolute atomic E-state index is 13.5. The van der Waals surface area contributed by atoms with E-state index < -0.39 is 0 Å². The molecule has 35 heavy (non-hydrogen) atoms. The molecule has 0 aliphatic rings. The average molecular weight is 471 g/mol.